The molecule has 4 nitrogen and oxygen atoms in total. The predicted molar refractivity (Wildman–Crippen MR) is 133 cm³/mol. The summed E-state index contributed by atoms with van der Waals surface area (Å²) in [6.07, 6.45) is 3.98. The first-order valence-electron chi connectivity index (χ1n) is 11.6. The van der Waals surface area contributed by atoms with Crippen molar-refractivity contribution in [3.8, 4) is 0 Å². The number of nitrogens with zero attached hydrogens (tertiary/aromatic N) is 1. The molecule has 1 saturated heterocycles. The van der Waals surface area contributed by atoms with Gasteiger partial charge in [0.2, 0.25) is 5.91 Å². The molecule has 0 spiro atoms. The quantitative estimate of drug-likeness (QED) is 0.547. The first-order chi connectivity index (χ1) is 16.2. The van der Waals surface area contributed by atoms with Crippen molar-refractivity contribution in [1.29, 1.82) is 0 Å². The Hall–Kier alpha value is -3.05. The Morgan fingerprint density at radius 3 is 2.55 bits per heavy atom. The van der Waals surface area contributed by atoms with Gasteiger partial charge in [-0.25, -0.2) is 0 Å². The third-order valence-electron chi connectivity index (χ3n) is 6.59. The smallest absolute Gasteiger partial charge is 0.251 e. The van der Waals surface area contributed by atoms with E-state index in [1.54, 1.807) is 11.8 Å². The Morgan fingerprint density at radius 1 is 0.970 bits per heavy atom. The number of aryl methyl sites for hydroxylation is 1. The maximum atomic E-state index is 13.0. The first kappa shape index (κ1) is 21.8. The second-order valence-electron chi connectivity index (χ2n) is 8.73. The van der Waals surface area contributed by atoms with Crippen LogP contribution in [0.4, 0.5) is 0 Å². The van der Waals surface area contributed by atoms with Gasteiger partial charge in [0, 0.05) is 12.1 Å². The molecule has 1 fully saturated rings. The zero-order valence-corrected chi connectivity index (χ0v) is 19.4. The zero-order valence-electron chi connectivity index (χ0n) is 18.6. The standard InChI is InChI=1S/C28H28N2O2S/c31-26-19-33-28(30(26)18-17-20-7-2-1-3-8-20)23-15-13-22(14-16-23)27(32)29-25-12-6-10-21-9-4-5-11-24(21)25/h1-5,7-9,11,13-16,25,28H,6,10,12,17-19H2,(H,29,32)/t25-,28+/m0/s1. The van der Waals surface area contributed by atoms with Crippen molar-refractivity contribution in [2.24, 2.45) is 0 Å². The van der Waals surface area contributed by atoms with Crippen LogP contribution in [0, 0.1) is 0 Å². The summed E-state index contributed by atoms with van der Waals surface area (Å²) in [6, 6.07) is 26.5. The second-order valence-corrected chi connectivity index (χ2v) is 9.79. The fourth-order valence-electron chi connectivity index (χ4n) is 4.81. The van der Waals surface area contributed by atoms with Crippen LogP contribution in [-0.4, -0.2) is 29.0 Å². The summed E-state index contributed by atoms with van der Waals surface area (Å²) < 4.78 is 0. The Morgan fingerprint density at radius 2 is 1.73 bits per heavy atom. The lowest BCUT2D eigenvalue weighted by molar-refractivity contribution is -0.128. The monoisotopic (exact) mass is 456 g/mol. The number of carbonyl (C=O) groups is 2. The van der Waals surface area contributed by atoms with Crippen LogP contribution in [0.25, 0.3) is 0 Å². The van der Waals surface area contributed by atoms with E-state index in [1.165, 1.54) is 16.7 Å². The Bertz CT molecular complexity index is 1130. The maximum absolute atomic E-state index is 13.0. The Kier molecular flexibility index (Phi) is 6.49. The molecule has 0 aromatic heterocycles. The molecule has 2 aliphatic rings. The summed E-state index contributed by atoms with van der Waals surface area (Å²) in [5, 5.41) is 3.23. The van der Waals surface area contributed by atoms with E-state index in [0.717, 1.165) is 31.2 Å². The van der Waals surface area contributed by atoms with Crippen molar-refractivity contribution >= 4 is 23.6 Å². The zero-order chi connectivity index (χ0) is 22.6. The van der Waals surface area contributed by atoms with E-state index in [-0.39, 0.29) is 23.2 Å². The van der Waals surface area contributed by atoms with E-state index in [4.69, 9.17) is 0 Å². The van der Waals surface area contributed by atoms with Gasteiger partial charge in [-0.3, -0.25) is 9.59 Å². The summed E-state index contributed by atoms with van der Waals surface area (Å²) in [5.41, 5.74) is 5.54. The highest BCUT2D eigenvalue weighted by molar-refractivity contribution is 8.00. The normalized spacial score (nSPS) is 19.9. The van der Waals surface area contributed by atoms with E-state index < -0.39 is 0 Å². The van der Waals surface area contributed by atoms with Crippen LogP contribution in [0.15, 0.2) is 78.9 Å². The minimum atomic E-state index is -0.0423. The van der Waals surface area contributed by atoms with Crippen LogP contribution in [0.3, 0.4) is 0 Å². The van der Waals surface area contributed by atoms with Gasteiger partial charge in [-0.05, 0) is 60.1 Å². The molecule has 2 amide bonds. The number of benzene rings is 3. The van der Waals surface area contributed by atoms with Crippen molar-refractivity contribution < 1.29 is 9.59 Å². The van der Waals surface area contributed by atoms with Gasteiger partial charge in [-0.1, -0.05) is 66.7 Å². The number of hydrogen-bond donors (Lipinski definition) is 1. The van der Waals surface area contributed by atoms with Gasteiger partial charge in [-0.15, -0.1) is 11.8 Å². The van der Waals surface area contributed by atoms with Crippen molar-refractivity contribution in [2.75, 3.05) is 12.3 Å². The van der Waals surface area contributed by atoms with E-state index >= 15 is 0 Å². The molecule has 1 N–H and O–H groups in total. The molecule has 1 aliphatic heterocycles. The van der Waals surface area contributed by atoms with E-state index in [0.29, 0.717) is 17.9 Å². The van der Waals surface area contributed by atoms with E-state index in [1.807, 2.05) is 53.4 Å². The molecular weight excluding hydrogens is 428 g/mol. The number of fused-ring (bicyclic) bond motifs is 1. The highest BCUT2D eigenvalue weighted by atomic mass is 32.2. The van der Waals surface area contributed by atoms with E-state index in [9.17, 15) is 9.59 Å². The first-order valence-corrected chi connectivity index (χ1v) is 12.7. The molecular formula is C28H28N2O2S. The highest BCUT2D eigenvalue weighted by Gasteiger charge is 2.32. The number of hydrogen-bond acceptors (Lipinski definition) is 3. The summed E-state index contributed by atoms with van der Waals surface area (Å²) in [4.78, 5) is 27.4. The van der Waals surface area contributed by atoms with E-state index in [2.05, 4.69) is 35.6 Å². The number of carbonyl (C=O) groups excluding carboxylic acids is 2. The lowest BCUT2D eigenvalue weighted by atomic mass is 9.87. The van der Waals surface area contributed by atoms with Crippen LogP contribution in [0.5, 0.6) is 0 Å². The fraction of sp³-hybridized carbons (Fsp3) is 0.286. The van der Waals surface area contributed by atoms with Crippen LogP contribution < -0.4 is 5.32 Å². The Balaban J connectivity index is 1.25. The molecule has 3 aromatic carbocycles. The molecule has 3 aromatic rings. The van der Waals surface area contributed by atoms with Gasteiger partial charge in [0.1, 0.15) is 5.37 Å². The number of amides is 2. The predicted octanol–water partition coefficient (Wildman–Crippen LogP) is 5.31. The fourth-order valence-corrected chi connectivity index (χ4v) is 6.03. The molecule has 0 saturated carbocycles. The Labute approximate surface area is 199 Å². The average Bonchev–Trinajstić information content (AvgIpc) is 3.24. The summed E-state index contributed by atoms with van der Waals surface area (Å²) in [7, 11) is 0. The lowest BCUT2D eigenvalue weighted by Gasteiger charge is -2.26. The molecule has 5 heteroatoms. The largest absolute Gasteiger partial charge is 0.345 e. The minimum absolute atomic E-state index is 0.00328. The van der Waals surface area contributed by atoms with Gasteiger partial charge in [0.15, 0.2) is 0 Å². The van der Waals surface area contributed by atoms with Crippen molar-refractivity contribution in [1.82, 2.24) is 10.2 Å². The molecule has 5 rings (SSSR count). The number of rotatable bonds is 6. The molecule has 1 heterocycles. The molecule has 0 bridgehead atoms. The SMILES string of the molecule is O=C(N[C@H]1CCCc2ccccc21)c1ccc([C@H]2SCC(=O)N2CCc2ccccc2)cc1. The molecule has 0 unspecified atom stereocenters. The number of nitrogens with one attached hydrogen (secondary N) is 1. The van der Waals surface area contributed by atoms with Gasteiger partial charge < -0.3 is 10.2 Å². The van der Waals surface area contributed by atoms with Crippen LogP contribution in [0.1, 0.15) is 56.9 Å². The molecule has 0 radical (unpaired) electrons. The van der Waals surface area contributed by atoms with Gasteiger partial charge in [0.05, 0.1) is 11.8 Å². The molecule has 33 heavy (non-hydrogen) atoms. The van der Waals surface area contributed by atoms with Crippen molar-refractivity contribution in [2.45, 2.75) is 37.1 Å². The summed E-state index contributed by atoms with van der Waals surface area (Å²) in [6.45, 7) is 0.698. The third kappa shape index (κ3) is 4.83. The lowest BCUT2D eigenvalue weighted by Crippen LogP contribution is -2.31. The maximum Gasteiger partial charge on any atom is 0.251 e. The van der Waals surface area contributed by atoms with Crippen LogP contribution in [-0.2, 0) is 17.6 Å². The highest BCUT2D eigenvalue weighted by Crippen LogP contribution is 2.38. The summed E-state index contributed by atoms with van der Waals surface area (Å²) in [5.74, 6) is 0.640. The van der Waals surface area contributed by atoms with Gasteiger partial charge >= 0.3 is 0 Å². The molecule has 2 atom stereocenters. The van der Waals surface area contributed by atoms with Crippen molar-refractivity contribution in [3.63, 3.8) is 0 Å². The second kappa shape index (κ2) is 9.84. The molecule has 1 aliphatic carbocycles. The average molecular weight is 457 g/mol. The summed E-state index contributed by atoms with van der Waals surface area (Å²) >= 11 is 1.66. The minimum Gasteiger partial charge on any atom is -0.345 e. The van der Waals surface area contributed by atoms with Crippen LogP contribution in [0.2, 0.25) is 0 Å². The third-order valence-corrected chi connectivity index (χ3v) is 7.84. The number of thioether (sulfide) groups is 1. The topological polar surface area (TPSA) is 49.4 Å². The van der Waals surface area contributed by atoms with Gasteiger partial charge in [-0.2, -0.15) is 0 Å². The molecule has 168 valence electrons. The van der Waals surface area contributed by atoms with Crippen LogP contribution >= 0.6 is 11.8 Å². The van der Waals surface area contributed by atoms with Gasteiger partial charge in [0.25, 0.3) is 5.91 Å². The van der Waals surface area contributed by atoms with Crippen molar-refractivity contribution in [3.05, 3.63) is 107 Å².